The summed E-state index contributed by atoms with van der Waals surface area (Å²) >= 11 is 12.3. The van der Waals surface area contributed by atoms with Crippen LogP contribution in [-0.4, -0.2) is 188 Å². The lowest BCUT2D eigenvalue weighted by atomic mass is 10.2. The molecule has 17 nitrogen and oxygen atoms in total. The summed E-state index contributed by atoms with van der Waals surface area (Å²) in [5.41, 5.74) is 9.63. The smallest absolute Gasteiger partial charge is 0.170 e. The Morgan fingerprint density at radius 3 is 1.14 bits per heavy atom. The molecule has 3 saturated heterocycles. The van der Waals surface area contributed by atoms with Gasteiger partial charge in [0.1, 0.15) is 0 Å². The number of azo groups is 2. The zero-order valence-corrected chi connectivity index (χ0v) is 43.4. The highest BCUT2D eigenvalue weighted by Gasteiger charge is 2.20. The molecule has 19 heteroatoms. The van der Waals surface area contributed by atoms with E-state index in [9.17, 15) is 0 Å². The lowest BCUT2D eigenvalue weighted by Crippen LogP contribution is -2.45. The minimum Gasteiger partial charge on any atom is -0.367 e. The van der Waals surface area contributed by atoms with Crippen LogP contribution >= 0.6 is 23.2 Å². The Morgan fingerprint density at radius 1 is 0.431 bits per heavy atom. The van der Waals surface area contributed by atoms with Crippen molar-refractivity contribution in [3.05, 3.63) is 132 Å². The van der Waals surface area contributed by atoms with E-state index >= 15 is 0 Å². The third kappa shape index (κ3) is 17.4. The number of aromatic nitrogens is 4. The summed E-state index contributed by atoms with van der Waals surface area (Å²) in [4.78, 5) is 32.9. The fourth-order valence-electron chi connectivity index (χ4n) is 7.98. The number of likely N-dealkylation sites (N-methyl/N-ethyl adjacent to an activating group) is 3. The molecule has 0 bridgehead atoms. The molecule has 6 aromatic rings. The Kier molecular flexibility index (Phi) is 21.7. The fraction of sp³-hybridized carbons (Fsp3) is 0.396. The molecule has 0 spiro atoms. The maximum atomic E-state index is 6.16. The van der Waals surface area contributed by atoms with Crippen LogP contribution in [0.3, 0.4) is 0 Å². The van der Waals surface area contributed by atoms with E-state index in [0.29, 0.717) is 34.7 Å². The van der Waals surface area contributed by atoms with Gasteiger partial charge in [-0.2, -0.15) is 10.2 Å². The molecular weight excluding hydrogens is 946 g/mol. The van der Waals surface area contributed by atoms with Crippen molar-refractivity contribution in [3.8, 4) is 22.8 Å². The van der Waals surface area contributed by atoms with E-state index in [1.165, 1.54) is 26.2 Å². The van der Waals surface area contributed by atoms with Crippen LogP contribution in [0.1, 0.15) is 0 Å². The molecule has 0 amide bonds. The van der Waals surface area contributed by atoms with Crippen molar-refractivity contribution in [2.75, 3.05) is 150 Å². The molecule has 0 radical (unpaired) electrons. The molecular formula is C53H69Cl2N17. The average molecular weight is 1020 g/mol. The molecule has 3 aliphatic rings. The van der Waals surface area contributed by atoms with Crippen molar-refractivity contribution < 1.29 is 0 Å². The molecule has 0 atom stereocenters. The van der Waals surface area contributed by atoms with Gasteiger partial charge < -0.3 is 31.1 Å². The average Bonchev–Trinajstić information content (AvgIpc) is 3.41. The Bertz CT molecular complexity index is 2480. The molecule has 4 aromatic carbocycles. The van der Waals surface area contributed by atoms with Gasteiger partial charge in [-0.1, -0.05) is 120 Å². The van der Waals surface area contributed by atoms with Crippen LogP contribution in [0.15, 0.2) is 142 Å². The maximum absolute atomic E-state index is 6.16. The Balaban J connectivity index is 0.000000197. The number of anilines is 2. The number of nitrogens with one attached hydrogen (secondary N) is 2. The van der Waals surface area contributed by atoms with Crippen molar-refractivity contribution >= 4 is 57.6 Å². The summed E-state index contributed by atoms with van der Waals surface area (Å²) in [6.07, 6.45) is 0. The van der Waals surface area contributed by atoms with Crippen LogP contribution in [0.2, 0.25) is 10.3 Å². The number of nitrogens with two attached hydrogens (primary N) is 1. The number of nitrogens with zero attached hydrogens (tertiary/aromatic N) is 14. The van der Waals surface area contributed by atoms with Gasteiger partial charge in [-0.15, -0.1) is 10.2 Å². The fourth-order valence-corrected chi connectivity index (χ4v) is 8.44. The highest BCUT2D eigenvalue weighted by Crippen LogP contribution is 2.36. The van der Waals surface area contributed by atoms with E-state index in [0.717, 1.165) is 108 Å². The number of benzene rings is 4. The molecule has 3 aliphatic heterocycles. The van der Waals surface area contributed by atoms with Crippen LogP contribution < -0.4 is 16.4 Å². The van der Waals surface area contributed by atoms with Crippen molar-refractivity contribution in [1.29, 1.82) is 0 Å². The monoisotopic (exact) mass is 1010 g/mol. The van der Waals surface area contributed by atoms with Gasteiger partial charge in [0.05, 0.1) is 11.4 Å². The lowest BCUT2D eigenvalue weighted by molar-refractivity contribution is 0.157. The van der Waals surface area contributed by atoms with Gasteiger partial charge >= 0.3 is 0 Å². The minimum absolute atomic E-state index is 0.165. The van der Waals surface area contributed by atoms with E-state index in [1.54, 1.807) is 0 Å². The van der Waals surface area contributed by atoms with Crippen molar-refractivity contribution in [2.45, 2.75) is 0 Å². The highest BCUT2D eigenvalue weighted by molar-refractivity contribution is 6.37. The Morgan fingerprint density at radius 2 is 0.764 bits per heavy atom. The molecule has 0 aliphatic carbocycles. The first kappa shape index (κ1) is 53.9. The quantitative estimate of drug-likeness (QED) is 0.0621. The number of halogens is 2. The molecule has 0 saturated carbocycles. The maximum Gasteiger partial charge on any atom is 0.170 e. The Labute approximate surface area is 435 Å². The second-order valence-corrected chi connectivity index (χ2v) is 18.7. The standard InChI is InChI=1S/C30H42N10.C16H10Cl2N4.C7H17N3/c1-37-17-21-39(22-18-37)15-13-31-29-27(36-35-26-11-7-4-8-12-26)30(32-14-16-40-23-19-38(2)20-24-40)34-28(33-29)25-9-5-3-6-10-25;17-14-13(22-21-12-9-5-2-6-10-12)15(18)20-16(19-14)11-7-3-1-4-8-11;1-9-4-6-10(3-2-8)7-5-9/h3-12H,13-24H2,1-2H3,(H2,31,32,33,34);1-10H;2-8H2,1H3. The van der Waals surface area contributed by atoms with Crippen LogP contribution in [0, 0.1) is 0 Å². The summed E-state index contributed by atoms with van der Waals surface area (Å²) < 4.78 is 0. The van der Waals surface area contributed by atoms with E-state index in [1.807, 2.05) is 121 Å². The molecule has 2 aromatic heterocycles. The third-order valence-corrected chi connectivity index (χ3v) is 13.0. The topological polar surface area (TPSA) is 171 Å². The second-order valence-electron chi connectivity index (χ2n) is 18.0. The van der Waals surface area contributed by atoms with E-state index in [-0.39, 0.29) is 16.0 Å². The summed E-state index contributed by atoms with van der Waals surface area (Å²) in [5, 5.41) is 24.9. The van der Waals surface area contributed by atoms with Crippen molar-refractivity contribution in [2.24, 2.45) is 26.2 Å². The van der Waals surface area contributed by atoms with Gasteiger partial charge in [0.15, 0.2) is 45.0 Å². The molecule has 9 rings (SSSR count). The van der Waals surface area contributed by atoms with Gasteiger partial charge in [-0.05, 0) is 45.4 Å². The Hall–Kier alpha value is -5.86. The molecule has 72 heavy (non-hydrogen) atoms. The molecule has 3 fully saturated rings. The van der Waals surface area contributed by atoms with E-state index in [4.69, 9.17) is 44.0 Å². The van der Waals surface area contributed by atoms with Crippen LogP contribution in [-0.2, 0) is 0 Å². The number of hydrogen-bond acceptors (Lipinski definition) is 17. The summed E-state index contributed by atoms with van der Waals surface area (Å²) in [6, 6.07) is 38.7. The van der Waals surface area contributed by atoms with Crippen molar-refractivity contribution in [3.63, 3.8) is 0 Å². The first-order valence-corrected chi connectivity index (χ1v) is 25.6. The highest BCUT2D eigenvalue weighted by atomic mass is 35.5. The first-order chi connectivity index (χ1) is 35.2. The van der Waals surface area contributed by atoms with Crippen LogP contribution in [0.5, 0.6) is 0 Å². The van der Waals surface area contributed by atoms with E-state index < -0.39 is 0 Å². The van der Waals surface area contributed by atoms with Crippen LogP contribution in [0.25, 0.3) is 22.8 Å². The SMILES string of the molecule is CN1CCN(CCN)CC1.CN1CCN(CCNc2nc(-c3ccccc3)nc(NCCN3CCN(C)CC3)c2N=Nc2ccccc2)CC1.Clc1nc(-c2ccccc2)nc(Cl)c1N=Nc1ccccc1. The number of hydrogen-bond donors (Lipinski definition) is 3. The van der Waals surface area contributed by atoms with Crippen molar-refractivity contribution in [1.82, 2.24) is 49.3 Å². The molecule has 5 heterocycles. The minimum atomic E-state index is 0.165. The summed E-state index contributed by atoms with van der Waals surface area (Å²) in [7, 11) is 6.54. The zero-order valence-electron chi connectivity index (χ0n) is 41.9. The second kappa shape index (κ2) is 29.0. The van der Waals surface area contributed by atoms with Gasteiger partial charge in [0, 0.05) is 129 Å². The third-order valence-electron chi connectivity index (χ3n) is 12.5. The molecule has 4 N–H and O–H groups in total. The van der Waals surface area contributed by atoms with Crippen LogP contribution in [0.4, 0.5) is 34.4 Å². The van der Waals surface area contributed by atoms with E-state index in [2.05, 4.69) is 86.5 Å². The molecule has 380 valence electrons. The largest absolute Gasteiger partial charge is 0.367 e. The van der Waals surface area contributed by atoms with Gasteiger partial charge in [0.2, 0.25) is 0 Å². The number of rotatable bonds is 16. The lowest BCUT2D eigenvalue weighted by Gasteiger charge is -2.32. The van der Waals surface area contributed by atoms with Gasteiger partial charge in [-0.25, -0.2) is 19.9 Å². The zero-order chi connectivity index (χ0) is 50.3. The summed E-state index contributed by atoms with van der Waals surface area (Å²) in [5.74, 6) is 2.52. The first-order valence-electron chi connectivity index (χ1n) is 24.8. The number of piperazine rings is 3. The van der Waals surface area contributed by atoms with Gasteiger partial charge in [-0.3, -0.25) is 14.7 Å². The van der Waals surface area contributed by atoms with Gasteiger partial charge in [0.25, 0.3) is 0 Å². The summed E-state index contributed by atoms with van der Waals surface area (Å²) in [6.45, 7) is 18.8. The predicted octanol–water partition coefficient (Wildman–Crippen LogP) is 8.94. The molecule has 0 unspecified atom stereocenters. The normalized spacial score (nSPS) is 16.5. The predicted molar refractivity (Wildman–Crippen MR) is 294 cm³/mol.